The normalized spacial score (nSPS) is 17.0. The summed E-state index contributed by atoms with van der Waals surface area (Å²) in [6, 6.07) is 9.24. The van der Waals surface area contributed by atoms with Crippen LogP contribution < -0.4 is 4.74 Å². The largest absolute Gasteiger partial charge is 0.503 e. The quantitative estimate of drug-likeness (QED) is 0.687. The predicted octanol–water partition coefficient (Wildman–Crippen LogP) is 5.29. The van der Waals surface area contributed by atoms with E-state index in [1.54, 1.807) is 23.1 Å². The predicted molar refractivity (Wildman–Crippen MR) is 116 cm³/mol. The van der Waals surface area contributed by atoms with Crippen LogP contribution >= 0.6 is 23.4 Å². The summed E-state index contributed by atoms with van der Waals surface area (Å²) in [6.07, 6.45) is 1.73. The first kappa shape index (κ1) is 20.3. The number of amides is 1. The van der Waals surface area contributed by atoms with Crippen molar-refractivity contribution in [1.82, 2.24) is 4.90 Å². The summed E-state index contributed by atoms with van der Waals surface area (Å²) in [4.78, 5) is 19.8. The van der Waals surface area contributed by atoms with Gasteiger partial charge in [0.25, 0.3) is 5.91 Å². The molecule has 0 bridgehead atoms. The van der Waals surface area contributed by atoms with E-state index in [1.165, 1.54) is 18.9 Å². The molecule has 28 heavy (non-hydrogen) atoms. The summed E-state index contributed by atoms with van der Waals surface area (Å²) < 4.78 is 5.14. The van der Waals surface area contributed by atoms with Crippen LogP contribution in [0.1, 0.15) is 23.6 Å². The molecule has 0 aliphatic carbocycles. The number of nitrogens with zero attached hydrogens (tertiary/aromatic N) is 2. The van der Waals surface area contributed by atoms with Crippen molar-refractivity contribution >= 4 is 46.2 Å². The highest BCUT2D eigenvalue weighted by Crippen LogP contribution is 2.39. The zero-order valence-corrected chi connectivity index (χ0v) is 17.7. The number of rotatable bonds is 4. The summed E-state index contributed by atoms with van der Waals surface area (Å²) in [5, 5.41) is 10.7. The smallest absolute Gasteiger partial charge is 0.266 e. The first-order valence-corrected chi connectivity index (χ1v) is 9.98. The third-order valence-corrected chi connectivity index (χ3v) is 5.71. The number of aromatic hydroxyl groups is 1. The van der Waals surface area contributed by atoms with Crippen LogP contribution in [0.5, 0.6) is 11.5 Å². The molecule has 0 atom stereocenters. The van der Waals surface area contributed by atoms with Crippen LogP contribution in [-0.4, -0.2) is 34.7 Å². The lowest BCUT2D eigenvalue weighted by molar-refractivity contribution is -0.122. The zero-order valence-electron chi connectivity index (χ0n) is 16.1. The Morgan fingerprint density at radius 3 is 2.57 bits per heavy atom. The second kappa shape index (κ2) is 8.29. The maximum absolute atomic E-state index is 12.9. The van der Waals surface area contributed by atoms with E-state index >= 15 is 0 Å². The number of para-hydroxylation sites is 1. The summed E-state index contributed by atoms with van der Waals surface area (Å²) in [7, 11) is 1.45. The van der Waals surface area contributed by atoms with Gasteiger partial charge >= 0.3 is 0 Å². The first-order chi connectivity index (χ1) is 13.3. The number of phenols is 1. The number of ether oxygens (including phenoxy) is 1. The van der Waals surface area contributed by atoms with Crippen molar-refractivity contribution in [2.24, 2.45) is 4.99 Å². The third-order valence-electron chi connectivity index (χ3n) is 4.42. The van der Waals surface area contributed by atoms with Gasteiger partial charge < -0.3 is 9.84 Å². The van der Waals surface area contributed by atoms with E-state index in [0.29, 0.717) is 22.2 Å². The van der Waals surface area contributed by atoms with Crippen molar-refractivity contribution < 1.29 is 14.6 Å². The fraction of sp³-hybridized carbons (Fsp3) is 0.238. The van der Waals surface area contributed by atoms with Gasteiger partial charge in [-0.15, -0.1) is 0 Å². The van der Waals surface area contributed by atoms with E-state index in [9.17, 15) is 9.90 Å². The number of hydrogen-bond donors (Lipinski definition) is 1. The first-order valence-electron chi connectivity index (χ1n) is 8.78. The van der Waals surface area contributed by atoms with Gasteiger partial charge in [-0.25, -0.2) is 4.99 Å². The molecule has 1 saturated heterocycles. The van der Waals surface area contributed by atoms with Gasteiger partial charge in [0.05, 0.1) is 22.7 Å². The second-order valence-corrected chi connectivity index (χ2v) is 7.76. The molecule has 1 fully saturated rings. The third kappa shape index (κ3) is 3.88. The maximum atomic E-state index is 12.9. The van der Waals surface area contributed by atoms with E-state index in [4.69, 9.17) is 21.3 Å². The lowest BCUT2D eigenvalue weighted by Gasteiger charge is -2.13. The van der Waals surface area contributed by atoms with Gasteiger partial charge in [-0.05, 0) is 67.4 Å². The van der Waals surface area contributed by atoms with Crippen LogP contribution in [-0.2, 0) is 4.79 Å². The molecule has 2 aromatic carbocycles. The Labute approximate surface area is 173 Å². The summed E-state index contributed by atoms with van der Waals surface area (Å²) in [6.45, 7) is 6.45. The number of thioether (sulfide) groups is 1. The molecule has 146 valence electrons. The second-order valence-electron chi connectivity index (χ2n) is 6.35. The van der Waals surface area contributed by atoms with Crippen LogP contribution in [0.15, 0.2) is 40.2 Å². The van der Waals surface area contributed by atoms with Gasteiger partial charge in [0.2, 0.25) is 0 Å². The molecule has 0 unspecified atom stereocenters. The van der Waals surface area contributed by atoms with Crippen molar-refractivity contribution in [3.05, 3.63) is 56.9 Å². The molecule has 1 N–H and O–H groups in total. The van der Waals surface area contributed by atoms with Crippen LogP contribution in [0, 0.1) is 13.8 Å². The van der Waals surface area contributed by atoms with Crippen LogP contribution in [0.3, 0.4) is 0 Å². The van der Waals surface area contributed by atoms with Crippen LogP contribution in [0.2, 0.25) is 5.02 Å². The van der Waals surface area contributed by atoms with E-state index in [-0.39, 0.29) is 22.4 Å². The Balaban J connectivity index is 2.02. The van der Waals surface area contributed by atoms with E-state index in [1.807, 2.05) is 39.0 Å². The van der Waals surface area contributed by atoms with E-state index in [0.717, 1.165) is 16.8 Å². The Morgan fingerprint density at radius 1 is 1.29 bits per heavy atom. The standard InChI is InChI=1S/C21H21ClN2O3S/c1-5-24-20(26)17(11-14-9-15(22)19(25)16(10-14)27-4)28-21(24)23-18-12(2)7-6-8-13(18)3/h6-11,25H,5H2,1-4H3/b17-11+,23-21?. The highest BCUT2D eigenvalue weighted by Gasteiger charge is 2.32. The number of carbonyl (C=O) groups is 1. The number of amidine groups is 1. The zero-order chi connectivity index (χ0) is 20.4. The van der Waals surface area contributed by atoms with Crippen LogP contribution in [0.25, 0.3) is 6.08 Å². The van der Waals surface area contributed by atoms with Gasteiger partial charge in [-0.1, -0.05) is 29.8 Å². The Morgan fingerprint density at radius 2 is 1.96 bits per heavy atom. The number of halogens is 1. The lowest BCUT2D eigenvalue weighted by Crippen LogP contribution is -2.28. The number of aryl methyl sites for hydroxylation is 2. The molecule has 7 heteroatoms. The number of phenolic OH excluding ortho intramolecular Hbond substituents is 1. The summed E-state index contributed by atoms with van der Waals surface area (Å²) >= 11 is 7.38. The van der Waals surface area contributed by atoms with E-state index < -0.39 is 0 Å². The fourth-order valence-corrected chi connectivity index (χ4v) is 4.20. The molecular formula is C21H21ClN2O3S. The Bertz CT molecular complexity index is 981. The number of benzene rings is 2. The maximum Gasteiger partial charge on any atom is 0.266 e. The van der Waals surface area contributed by atoms with Crippen molar-refractivity contribution in [2.75, 3.05) is 13.7 Å². The number of methoxy groups -OCH3 is 1. The Hall–Kier alpha value is -2.44. The Kier molecular flexibility index (Phi) is 6.01. The molecule has 0 spiro atoms. The molecule has 0 aromatic heterocycles. The lowest BCUT2D eigenvalue weighted by atomic mass is 10.1. The number of likely N-dealkylation sites (N-methyl/N-ethyl adjacent to an activating group) is 1. The molecule has 1 aliphatic heterocycles. The van der Waals surface area contributed by atoms with Gasteiger partial charge in [0.1, 0.15) is 0 Å². The molecule has 3 rings (SSSR count). The van der Waals surface area contributed by atoms with Crippen molar-refractivity contribution in [2.45, 2.75) is 20.8 Å². The minimum absolute atomic E-state index is 0.111. The molecule has 0 radical (unpaired) electrons. The minimum atomic E-state index is -0.121. The van der Waals surface area contributed by atoms with Gasteiger partial charge in [0.15, 0.2) is 16.7 Å². The number of hydrogen-bond acceptors (Lipinski definition) is 5. The van der Waals surface area contributed by atoms with Gasteiger partial charge in [-0.2, -0.15) is 0 Å². The monoisotopic (exact) mass is 416 g/mol. The van der Waals surface area contributed by atoms with Crippen molar-refractivity contribution in [3.63, 3.8) is 0 Å². The number of carbonyl (C=O) groups excluding carboxylic acids is 1. The molecule has 2 aromatic rings. The average Bonchev–Trinajstić information content (AvgIpc) is 2.95. The molecule has 5 nitrogen and oxygen atoms in total. The van der Waals surface area contributed by atoms with Gasteiger partial charge in [0, 0.05) is 6.54 Å². The highest BCUT2D eigenvalue weighted by molar-refractivity contribution is 8.18. The summed E-state index contributed by atoms with van der Waals surface area (Å²) in [5.41, 5.74) is 3.67. The SMILES string of the molecule is CCN1C(=O)/C(=C\c2cc(Cl)c(O)c(OC)c2)SC1=Nc1c(C)cccc1C. The highest BCUT2D eigenvalue weighted by atomic mass is 35.5. The molecule has 1 amide bonds. The van der Waals surface area contributed by atoms with Gasteiger partial charge in [-0.3, -0.25) is 9.69 Å². The van der Waals surface area contributed by atoms with Crippen molar-refractivity contribution in [1.29, 1.82) is 0 Å². The topological polar surface area (TPSA) is 62.1 Å². The number of aliphatic imine (C=N–C) groups is 1. The fourth-order valence-electron chi connectivity index (χ4n) is 2.93. The van der Waals surface area contributed by atoms with Crippen LogP contribution in [0.4, 0.5) is 5.69 Å². The van der Waals surface area contributed by atoms with E-state index in [2.05, 4.69) is 0 Å². The minimum Gasteiger partial charge on any atom is -0.503 e. The molecule has 1 heterocycles. The van der Waals surface area contributed by atoms with Crippen molar-refractivity contribution in [3.8, 4) is 11.5 Å². The molecule has 1 aliphatic rings. The summed E-state index contributed by atoms with van der Waals surface area (Å²) in [5.74, 6) is 0.0244. The average molecular weight is 417 g/mol. The molecular weight excluding hydrogens is 396 g/mol. The molecule has 0 saturated carbocycles.